The molecule has 2 N–H and O–H groups in total. The summed E-state index contributed by atoms with van der Waals surface area (Å²) in [6.07, 6.45) is 3.45. The predicted octanol–water partition coefficient (Wildman–Crippen LogP) is 4.76. The van der Waals surface area contributed by atoms with Crippen LogP contribution in [0, 0.1) is 23.3 Å². The quantitative estimate of drug-likeness (QED) is 0.396. The highest BCUT2D eigenvalue weighted by atomic mass is 32.1. The smallest absolute Gasteiger partial charge is 0.263 e. The fourth-order valence-electron chi connectivity index (χ4n) is 3.54. The molecule has 1 unspecified atom stereocenters. The highest BCUT2D eigenvalue weighted by Crippen LogP contribution is 2.30. The van der Waals surface area contributed by atoms with Gasteiger partial charge in [-0.25, -0.2) is 8.78 Å². The lowest BCUT2D eigenvalue weighted by atomic mass is 10.0. The number of methoxy groups -OCH3 is 1. The van der Waals surface area contributed by atoms with E-state index in [1.807, 2.05) is 17.4 Å². The van der Waals surface area contributed by atoms with Crippen LogP contribution in [0.4, 0.5) is 28.9 Å². The molecule has 0 saturated carbocycles. The van der Waals surface area contributed by atoms with Gasteiger partial charge in [0, 0.05) is 24.0 Å². The summed E-state index contributed by atoms with van der Waals surface area (Å²) < 4.78 is 60.1. The van der Waals surface area contributed by atoms with Crippen molar-refractivity contribution in [1.82, 2.24) is 5.32 Å². The normalized spacial score (nSPS) is 16.1. The van der Waals surface area contributed by atoms with Gasteiger partial charge in [0.15, 0.2) is 22.5 Å². The van der Waals surface area contributed by atoms with E-state index < -0.39 is 40.5 Å². The summed E-state index contributed by atoms with van der Waals surface area (Å²) in [5.74, 6) is -10.1. The van der Waals surface area contributed by atoms with Crippen LogP contribution in [-0.4, -0.2) is 30.7 Å². The number of carbonyl (C=O) groups excluding carboxylic acids is 1. The van der Waals surface area contributed by atoms with E-state index >= 15 is 0 Å². The maximum Gasteiger partial charge on any atom is 0.263 e. The van der Waals surface area contributed by atoms with Crippen LogP contribution in [0.25, 0.3) is 0 Å². The van der Waals surface area contributed by atoms with Gasteiger partial charge in [0.1, 0.15) is 5.56 Å². The minimum absolute atomic E-state index is 0.292. The van der Waals surface area contributed by atoms with Gasteiger partial charge in [0.05, 0.1) is 7.11 Å². The zero-order valence-electron chi connectivity index (χ0n) is 16.9. The molecular weight excluding hydrogens is 434 g/mol. The number of carbonyl (C=O) groups is 1. The Morgan fingerprint density at radius 2 is 1.68 bits per heavy atom. The number of anilines is 2. The van der Waals surface area contributed by atoms with Crippen LogP contribution in [0.1, 0.15) is 36.5 Å². The third kappa shape index (κ3) is 4.73. The second-order valence-corrected chi connectivity index (χ2v) is 7.57. The van der Waals surface area contributed by atoms with Crippen LogP contribution in [0.2, 0.25) is 0 Å². The number of halogens is 4. The van der Waals surface area contributed by atoms with Gasteiger partial charge in [-0.3, -0.25) is 10.1 Å². The van der Waals surface area contributed by atoms with Crippen LogP contribution >= 0.6 is 12.2 Å². The van der Waals surface area contributed by atoms with E-state index in [1.165, 1.54) is 6.42 Å². The molecule has 1 amide bonds. The molecule has 0 aliphatic carbocycles. The van der Waals surface area contributed by atoms with Crippen molar-refractivity contribution in [3.8, 4) is 5.75 Å². The van der Waals surface area contributed by atoms with Gasteiger partial charge in [0.2, 0.25) is 11.6 Å². The molecule has 2 aromatic carbocycles. The zero-order valence-corrected chi connectivity index (χ0v) is 17.7. The maximum atomic E-state index is 14.1. The van der Waals surface area contributed by atoms with Crippen molar-refractivity contribution in [3.05, 3.63) is 53.1 Å². The summed E-state index contributed by atoms with van der Waals surface area (Å²) in [6.45, 7) is 3.13. The Morgan fingerprint density at radius 1 is 1.06 bits per heavy atom. The van der Waals surface area contributed by atoms with E-state index in [-0.39, 0.29) is 5.11 Å². The second kappa shape index (κ2) is 9.51. The number of nitrogens with zero attached hydrogens (tertiary/aromatic N) is 1. The van der Waals surface area contributed by atoms with Crippen molar-refractivity contribution in [2.45, 2.75) is 32.2 Å². The van der Waals surface area contributed by atoms with Crippen molar-refractivity contribution >= 4 is 34.6 Å². The second-order valence-electron chi connectivity index (χ2n) is 7.16. The number of benzene rings is 2. The molecule has 3 rings (SSSR count). The molecule has 1 saturated heterocycles. The van der Waals surface area contributed by atoms with Gasteiger partial charge in [-0.1, -0.05) is 0 Å². The number of hydrogen-bond acceptors (Lipinski definition) is 4. The summed E-state index contributed by atoms with van der Waals surface area (Å²) in [6, 6.07) is 7.69. The first kappa shape index (κ1) is 22.8. The average molecular weight is 455 g/mol. The molecule has 2 aromatic rings. The van der Waals surface area contributed by atoms with Gasteiger partial charge >= 0.3 is 0 Å². The van der Waals surface area contributed by atoms with Gasteiger partial charge in [0.25, 0.3) is 5.91 Å². The Hall–Kier alpha value is -2.88. The first-order valence-electron chi connectivity index (χ1n) is 9.63. The third-order valence-corrected chi connectivity index (χ3v) is 5.35. The van der Waals surface area contributed by atoms with Crippen molar-refractivity contribution in [2.24, 2.45) is 0 Å². The highest BCUT2D eigenvalue weighted by molar-refractivity contribution is 7.80. The lowest BCUT2D eigenvalue weighted by Crippen LogP contribution is -2.37. The standard InChI is InChI=1S/C21H21F4N3O2S/c1-11-5-3-4-10-28(11)13-8-6-12(7-9-13)26-21(31)27-20(29)14-15(22)17(24)19(30-2)18(25)16(14)23/h6-9,11H,3-5,10H2,1-2H3,(H2,26,27,29,31). The number of thiocarbonyl (C=S) groups is 1. The van der Waals surface area contributed by atoms with E-state index in [2.05, 4.69) is 21.9 Å². The largest absolute Gasteiger partial charge is 0.491 e. The Labute approximate surface area is 182 Å². The average Bonchev–Trinajstić information content (AvgIpc) is 2.74. The molecule has 31 heavy (non-hydrogen) atoms. The summed E-state index contributed by atoms with van der Waals surface area (Å²) >= 11 is 4.98. The number of nitrogens with one attached hydrogen (secondary N) is 2. The molecule has 10 heteroatoms. The molecule has 0 bridgehead atoms. The maximum absolute atomic E-state index is 14.1. The summed E-state index contributed by atoms with van der Waals surface area (Å²) in [4.78, 5) is 14.5. The van der Waals surface area contributed by atoms with Crippen LogP contribution in [0.15, 0.2) is 24.3 Å². The highest BCUT2D eigenvalue weighted by Gasteiger charge is 2.30. The number of ether oxygens (including phenoxy) is 1. The van der Waals surface area contributed by atoms with Crippen LogP contribution < -0.4 is 20.3 Å². The van der Waals surface area contributed by atoms with Gasteiger partial charge in [-0.2, -0.15) is 8.78 Å². The van der Waals surface area contributed by atoms with E-state index in [4.69, 9.17) is 12.2 Å². The Morgan fingerprint density at radius 3 is 2.23 bits per heavy atom. The van der Waals surface area contributed by atoms with Crippen LogP contribution in [0.5, 0.6) is 5.75 Å². The summed E-state index contributed by atoms with van der Waals surface area (Å²) in [5, 5.41) is 4.43. The Balaban J connectivity index is 1.69. The summed E-state index contributed by atoms with van der Waals surface area (Å²) in [5.41, 5.74) is 0.127. The molecule has 5 nitrogen and oxygen atoms in total. The fraction of sp³-hybridized carbons (Fsp3) is 0.333. The van der Waals surface area contributed by atoms with E-state index in [0.717, 1.165) is 32.2 Å². The summed E-state index contributed by atoms with van der Waals surface area (Å²) in [7, 11) is 0.844. The molecule has 1 heterocycles. The first-order chi connectivity index (χ1) is 14.7. The van der Waals surface area contributed by atoms with Gasteiger partial charge < -0.3 is 15.0 Å². The Kier molecular flexibility index (Phi) is 6.99. The van der Waals surface area contributed by atoms with E-state index in [0.29, 0.717) is 11.7 Å². The van der Waals surface area contributed by atoms with E-state index in [9.17, 15) is 22.4 Å². The lowest BCUT2D eigenvalue weighted by Gasteiger charge is -2.35. The van der Waals surface area contributed by atoms with E-state index in [1.54, 1.807) is 12.1 Å². The zero-order chi connectivity index (χ0) is 22.7. The SMILES string of the molecule is COc1c(F)c(F)c(C(=O)NC(=S)Nc2ccc(N3CCCCC3C)cc2)c(F)c1F. The van der Waals surface area contributed by atoms with Crippen molar-refractivity contribution in [3.63, 3.8) is 0 Å². The van der Waals surface area contributed by atoms with Crippen molar-refractivity contribution < 1.29 is 27.1 Å². The monoisotopic (exact) mass is 455 g/mol. The van der Waals surface area contributed by atoms with Crippen molar-refractivity contribution in [2.75, 3.05) is 23.9 Å². The minimum atomic E-state index is -1.88. The number of hydrogen-bond donors (Lipinski definition) is 2. The lowest BCUT2D eigenvalue weighted by molar-refractivity contribution is 0.0966. The Bertz CT molecular complexity index is 972. The molecule has 1 fully saturated rings. The van der Waals surface area contributed by atoms with Crippen LogP contribution in [0.3, 0.4) is 0 Å². The topological polar surface area (TPSA) is 53.6 Å². The molecule has 0 spiro atoms. The minimum Gasteiger partial charge on any atom is -0.491 e. The van der Waals surface area contributed by atoms with Gasteiger partial charge in [-0.15, -0.1) is 0 Å². The number of rotatable bonds is 4. The molecule has 0 aromatic heterocycles. The fourth-order valence-corrected chi connectivity index (χ4v) is 3.75. The van der Waals surface area contributed by atoms with Crippen LogP contribution in [-0.2, 0) is 0 Å². The van der Waals surface area contributed by atoms with Gasteiger partial charge in [-0.05, 0) is 62.7 Å². The third-order valence-electron chi connectivity index (χ3n) is 5.14. The molecule has 1 aliphatic rings. The predicted molar refractivity (Wildman–Crippen MR) is 114 cm³/mol. The number of amides is 1. The van der Waals surface area contributed by atoms with Crippen molar-refractivity contribution in [1.29, 1.82) is 0 Å². The molecule has 166 valence electrons. The molecular formula is C21H21F4N3O2S. The number of piperidine rings is 1. The first-order valence-corrected chi connectivity index (χ1v) is 10.0. The molecule has 1 aliphatic heterocycles. The molecule has 1 atom stereocenters. The molecule has 0 radical (unpaired) electrons.